The molecule has 15 heavy (non-hydrogen) atoms. The third-order valence-electron chi connectivity index (χ3n) is 2.79. The third-order valence-corrected chi connectivity index (χ3v) is 2.79. The molecule has 0 radical (unpaired) electrons. The van der Waals surface area contributed by atoms with E-state index in [1.54, 1.807) is 0 Å². The van der Waals surface area contributed by atoms with Crippen LogP contribution in [0.4, 0.5) is 8.78 Å². The van der Waals surface area contributed by atoms with Crippen molar-refractivity contribution in [3.63, 3.8) is 0 Å². The van der Waals surface area contributed by atoms with Gasteiger partial charge in [0.25, 0.3) is 0 Å². The first-order chi connectivity index (χ1) is 7.27. The molecule has 0 unspecified atom stereocenters. The molecule has 0 heterocycles. The fourth-order valence-corrected chi connectivity index (χ4v) is 1.63. The van der Waals surface area contributed by atoms with Gasteiger partial charge in [-0.15, -0.1) is 0 Å². The van der Waals surface area contributed by atoms with Gasteiger partial charge in [0.1, 0.15) is 11.6 Å². The van der Waals surface area contributed by atoms with E-state index < -0.39 is 11.6 Å². The highest BCUT2D eigenvalue weighted by Crippen LogP contribution is 2.31. The zero-order chi connectivity index (χ0) is 10.7. The van der Waals surface area contributed by atoms with Crippen LogP contribution >= 0.6 is 0 Å². The molecule has 1 aromatic rings. The third kappa shape index (κ3) is 2.99. The van der Waals surface area contributed by atoms with Crippen molar-refractivity contribution in [2.24, 2.45) is 5.92 Å². The molecule has 0 aromatic heterocycles. The standard InChI is InChI=1S/C12H15F2N/c13-11-2-1-3-12(14)10(11)8-15-7-6-9-4-5-9/h1-3,9,15H,4-8H2. The van der Waals surface area contributed by atoms with Crippen LogP contribution in [0.2, 0.25) is 0 Å². The van der Waals surface area contributed by atoms with Crippen LogP contribution in [0.5, 0.6) is 0 Å². The summed E-state index contributed by atoms with van der Waals surface area (Å²) in [6, 6.07) is 3.97. The summed E-state index contributed by atoms with van der Waals surface area (Å²) in [5.74, 6) is -0.0780. The van der Waals surface area contributed by atoms with Crippen LogP contribution < -0.4 is 5.32 Å². The second-order valence-corrected chi connectivity index (χ2v) is 4.11. The van der Waals surface area contributed by atoms with Crippen molar-refractivity contribution in [3.8, 4) is 0 Å². The molecular formula is C12H15F2N. The van der Waals surface area contributed by atoms with Crippen molar-refractivity contribution in [1.82, 2.24) is 5.32 Å². The van der Waals surface area contributed by atoms with Gasteiger partial charge >= 0.3 is 0 Å². The van der Waals surface area contributed by atoms with E-state index in [1.807, 2.05) is 0 Å². The van der Waals surface area contributed by atoms with E-state index >= 15 is 0 Å². The summed E-state index contributed by atoms with van der Waals surface area (Å²) in [5.41, 5.74) is 0.147. The number of rotatable bonds is 5. The highest BCUT2D eigenvalue weighted by molar-refractivity contribution is 5.19. The highest BCUT2D eigenvalue weighted by atomic mass is 19.1. The van der Waals surface area contributed by atoms with Gasteiger partial charge in [-0.1, -0.05) is 18.9 Å². The Kier molecular flexibility index (Phi) is 3.31. The fourth-order valence-electron chi connectivity index (χ4n) is 1.63. The van der Waals surface area contributed by atoms with Gasteiger partial charge in [0.2, 0.25) is 0 Å². The highest BCUT2D eigenvalue weighted by Gasteiger charge is 2.20. The van der Waals surface area contributed by atoms with Crippen molar-refractivity contribution in [3.05, 3.63) is 35.4 Å². The minimum Gasteiger partial charge on any atom is -0.312 e. The van der Waals surface area contributed by atoms with Gasteiger partial charge in [-0.3, -0.25) is 0 Å². The monoisotopic (exact) mass is 211 g/mol. The van der Waals surface area contributed by atoms with Crippen LogP contribution in [0.15, 0.2) is 18.2 Å². The molecule has 0 aliphatic heterocycles. The van der Waals surface area contributed by atoms with Gasteiger partial charge in [0.15, 0.2) is 0 Å². The van der Waals surface area contributed by atoms with Crippen molar-refractivity contribution in [2.45, 2.75) is 25.8 Å². The van der Waals surface area contributed by atoms with E-state index in [9.17, 15) is 8.78 Å². The summed E-state index contributed by atoms with van der Waals surface area (Å²) in [7, 11) is 0. The Hall–Kier alpha value is -0.960. The SMILES string of the molecule is Fc1cccc(F)c1CNCCC1CC1. The molecule has 1 fully saturated rings. The molecule has 1 nitrogen and oxygen atoms in total. The lowest BCUT2D eigenvalue weighted by Gasteiger charge is -2.06. The summed E-state index contributed by atoms with van der Waals surface area (Å²) in [4.78, 5) is 0. The van der Waals surface area contributed by atoms with Gasteiger partial charge in [-0.2, -0.15) is 0 Å². The van der Waals surface area contributed by atoms with Crippen molar-refractivity contribution in [1.29, 1.82) is 0 Å². The molecule has 0 atom stereocenters. The number of benzene rings is 1. The summed E-state index contributed by atoms with van der Waals surface area (Å²) in [6.45, 7) is 1.13. The average Bonchev–Trinajstić information content (AvgIpc) is 3.00. The first-order valence-electron chi connectivity index (χ1n) is 5.41. The smallest absolute Gasteiger partial charge is 0.130 e. The Morgan fingerprint density at radius 1 is 1.20 bits per heavy atom. The Labute approximate surface area is 88.5 Å². The molecule has 1 aromatic carbocycles. The molecule has 1 aliphatic carbocycles. The molecule has 0 amide bonds. The first kappa shape index (κ1) is 10.6. The minimum atomic E-state index is -0.464. The molecule has 3 heteroatoms. The van der Waals surface area contributed by atoms with E-state index in [0.29, 0.717) is 0 Å². The molecule has 1 saturated carbocycles. The lowest BCUT2D eigenvalue weighted by Crippen LogP contribution is -2.17. The van der Waals surface area contributed by atoms with Gasteiger partial charge in [-0.25, -0.2) is 8.78 Å². The predicted octanol–water partition coefficient (Wildman–Crippen LogP) is 2.85. The maximum absolute atomic E-state index is 13.2. The zero-order valence-corrected chi connectivity index (χ0v) is 8.60. The van der Waals surface area contributed by atoms with Crippen LogP contribution in [-0.2, 0) is 6.54 Å². The van der Waals surface area contributed by atoms with E-state index in [-0.39, 0.29) is 12.1 Å². The van der Waals surface area contributed by atoms with Crippen molar-refractivity contribution in [2.75, 3.05) is 6.54 Å². The summed E-state index contributed by atoms with van der Waals surface area (Å²) in [5, 5.41) is 3.07. The lowest BCUT2D eigenvalue weighted by molar-refractivity contribution is 0.528. The second-order valence-electron chi connectivity index (χ2n) is 4.11. The van der Waals surface area contributed by atoms with E-state index in [2.05, 4.69) is 5.32 Å². The Morgan fingerprint density at radius 3 is 2.47 bits per heavy atom. The van der Waals surface area contributed by atoms with Crippen molar-refractivity contribution >= 4 is 0 Å². The number of nitrogens with one attached hydrogen (secondary N) is 1. The Bertz CT molecular complexity index is 314. The molecule has 0 saturated heterocycles. The first-order valence-corrected chi connectivity index (χ1v) is 5.41. The summed E-state index contributed by atoms with van der Waals surface area (Å²) >= 11 is 0. The quantitative estimate of drug-likeness (QED) is 0.738. The summed E-state index contributed by atoms with van der Waals surface area (Å²) < 4.78 is 26.3. The van der Waals surface area contributed by atoms with Gasteiger partial charge in [0, 0.05) is 12.1 Å². The maximum Gasteiger partial charge on any atom is 0.130 e. The molecule has 82 valence electrons. The largest absolute Gasteiger partial charge is 0.312 e. The van der Waals surface area contributed by atoms with E-state index in [4.69, 9.17) is 0 Å². The average molecular weight is 211 g/mol. The molecule has 1 N–H and O–H groups in total. The minimum absolute atomic E-state index is 0.147. The zero-order valence-electron chi connectivity index (χ0n) is 8.60. The number of hydrogen-bond donors (Lipinski definition) is 1. The normalized spacial score (nSPS) is 15.6. The molecule has 0 bridgehead atoms. The second kappa shape index (κ2) is 4.71. The van der Waals surface area contributed by atoms with Crippen LogP contribution in [0.3, 0.4) is 0 Å². The summed E-state index contributed by atoms with van der Waals surface area (Å²) in [6.07, 6.45) is 3.75. The van der Waals surface area contributed by atoms with Crippen LogP contribution in [0, 0.1) is 17.6 Å². The van der Waals surface area contributed by atoms with Crippen molar-refractivity contribution < 1.29 is 8.78 Å². The van der Waals surface area contributed by atoms with Gasteiger partial charge < -0.3 is 5.32 Å². The van der Waals surface area contributed by atoms with Gasteiger partial charge in [-0.05, 0) is 31.0 Å². The lowest BCUT2D eigenvalue weighted by atomic mass is 10.2. The van der Waals surface area contributed by atoms with Crippen LogP contribution in [0.25, 0.3) is 0 Å². The number of halogens is 2. The van der Waals surface area contributed by atoms with E-state index in [0.717, 1.165) is 18.9 Å². The topological polar surface area (TPSA) is 12.0 Å². The van der Waals surface area contributed by atoms with Gasteiger partial charge in [0.05, 0.1) is 0 Å². The Morgan fingerprint density at radius 2 is 1.87 bits per heavy atom. The predicted molar refractivity (Wildman–Crippen MR) is 55.4 cm³/mol. The Balaban J connectivity index is 1.80. The molecule has 1 aliphatic rings. The molecule has 0 spiro atoms. The maximum atomic E-state index is 13.2. The van der Waals surface area contributed by atoms with Crippen LogP contribution in [-0.4, -0.2) is 6.54 Å². The molecule has 2 rings (SSSR count). The van der Waals surface area contributed by atoms with Crippen LogP contribution in [0.1, 0.15) is 24.8 Å². The molecular weight excluding hydrogens is 196 g/mol. The fraction of sp³-hybridized carbons (Fsp3) is 0.500. The van der Waals surface area contributed by atoms with E-state index in [1.165, 1.54) is 31.0 Å². The number of hydrogen-bond acceptors (Lipinski definition) is 1.